The van der Waals surface area contributed by atoms with Gasteiger partial charge in [0.15, 0.2) is 0 Å². The molecule has 0 saturated heterocycles. The third-order valence-electron chi connectivity index (χ3n) is 5.25. The minimum atomic E-state index is -0.181. The number of carbonyl (C=O) groups excluding carboxylic acids is 1. The van der Waals surface area contributed by atoms with Crippen LogP contribution in [0.3, 0.4) is 0 Å². The maximum absolute atomic E-state index is 12.3. The molecule has 1 aromatic rings. The van der Waals surface area contributed by atoms with Crippen LogP contribution in [0.1, 0.15) is 58.4 Å². The molecule has 0 bridgehead atoms. The summed E-state index contributed by atoms with van der Waals surface area (Å²) in [5, 5.41) is 0. The minimum Gasteiger partial charge on any atom is -0.465 e. The number of carbonyl (C=O) groups is 1. The zero-order valence-electron chi connectivity index (χ0n) is 14.4. The average Bonchev–Trinajstić information content (AvgIpc) is 2.52. The molecule has 0 aromatic heterocycles. The minimum absolute atomic E-state index is 0.0908. The Labute approximate surface area is 135 Å². The molecular formula is C20H30O2. The Morgan fingerprint density at radius 2 is 1.86 bits per heavy atom. The summed E-state index contributed by atoms with van der Waals surface area (Å²) in [5.74, 6) is 2.37. The molecule has 0 aliphatic heterocycles. The standard InChI is InChI=1S/C20H30O2/c1-14(2)19-11-10-15(3)12-18(19)13-22-20(21)16(4)17-8-6-5-7-9-17/h5-9,14-16,18-19H,10-13H2,1-4H3/t15-,16?,18+,19+/m1/s1. The van der Waals surface area contributed by atoms with E-state index in [1.54, 1.807) is 0 Å². The van der Waals surface area contributed by atoms with Gasteiger partial charge in [0, 0.05) is 0 Å². The fraction of sp³-hybridized carbons (Fsp3) is 0.650. The topological polar surface area (TPSA) is 26.3 Å². The highest BCUT2D eigenvalue weighted by Crippen LogP contribution is 2.38. The van der Waals surface area contributed by atoms with Crippen LogP contribution in [0.2, 0.25) is 0 Å². The van der Waals surface area contributed by atoms with Crippen LogP contribution in [0.15, 0.2) is 30.3 Å². The summed E-state index contributed by atoms with van der Waals surface area (Å²) in [5.41, 5.74) is 1.03. The van der Waals surface area contributed by atoms with Gasteiger partial charge in [-0.3, -0.25) is 4.79 Å². The highest BCUT2D eigenvalue weighted by molar-refractivity contribution is 5.77. The van der Waals surface area contributed by atoms with Crippen molar-refractivity contribution in [2.24, 2.45) is 23.7 Å². The molecule has 1 aromatic carbocycles. The number of hydrogen-bond donors (Lipinski definition) is 0. The van der Waals surface area contributed by atoms with Gasteiger partial charge in [0.2, 0.25) is 0 Å². The van der Waals surface area contributed by atoms with Gasteiger partial charge >= 0.3 is 5.97 Å². The first kappa shape index (κ1) is 17.1. The molecule has 1 aliphatic carbocycles. The van der Waals surface area contributed by atoms with Crippen molar-refractivity contribution in [3.05, 3.63) is 35.9 Å². The lowest BCUT2D eigenvalue weighted by molar-refractivity contribution is -0.148. The van der Waals surface area contributed by atoms with Crippen LogP contribution in [0, 0.1) is 23.7 Å². The first-order valence-corrected chi connectivity index (χ1v) is 8.70. The maximum Gasteiger partial charge on any atom is 0.313 e. The zero-order chi connectivity index (χ0) is 16.1. The SMILES string of the molecule is CC(C(=O)OC[C@@H]1C[C@H](C)CC[C@H]1C(C)C)c1ccccc1. The van der Waals surface area contributed by atoms with Gasteiger partial charge in [-0.05, 0) is 49.0 Å². The molecule has 0 spiro atoms. The van der Waals surface area contributed by atoms with Crippen molar-refractivity contribution < 1.29 is 9.53 Å². The maximum atomic E-state index is 12.3. The largest absolute Gasteiger partial charge is 0.465 e. The van der Waals surface area contributed by atoms with E-state index in [1.807, 2.05) is 37.3 Å². The molecule has 122 valence electrons. The molecule has 1 saturated carbocycles. The highest BCUT2D eigenvalue weighted by atomic mass is 16.5. The summed E-state index contributed by atoms with van der Waals surface area (Å²) in [6.07, 6.45) is 3.78. The lowest BCUT2D eigenvalue weighted by Crippen LogP contribution is -2.32. The summed E-state index contributed by atoms with van der Waals surface area (Å²) in [4.78, 5) is 12.3. The third kappa shape index (κ3) is 4.34. The molecule has 4 atom stereocenters. The van der Waals surface area contributed by atoms with Crippen LogP contribution < -0.4 is 0 Å². The van der Waals surface area contributed by atoms with Crippen molar-refractivity contribution in [3.8, 4) is 0 Å². The van der Waals surface area contributed by atoms with E-state index in [0.29, 0.717) is 24.4 Å². The van der Waals surface area contributed by atoms with Crippen LogP contribution in [-0.2, 0) is 9.53 Å². The van der Waals surface area contributed by atoms with Gasteiger partial charge in [0.05, 0.1) is 12.5 Å². The fourth-order valence-corrected chi connectivity index (χ4v) is 3.78. The molecule has 2 nitrogen and oxygen atoms in total. The molecule has 1 fully saturated rings. The molecule has 1 aliphatic rings. The lowest BCUT2D eigenvalue weighted by atomic mass is 9.70. The van der Waals surface area contributed by atoms with Crippen molar-refractivity contribution >= 4 is 5.97 Å². The summed E-state index contributed by atoms with van der Waals surface area (Å²) >= 11 is 0. The van der Waals surface area contributed by atoms with Crippen molar-refractivity contribution in [3.63, 3.8) is 0 Å². The van der Waals surface area contributed by atoms with E-state index in [0.717, 1.165) is 11.5 Å². The fourth-order valence-electron chi connectivity index (χ4n) is 3.78. The van der Waals surface area contributed by atoms with E-state index in [4.69, 9.17) is 4.74 Å². The number of esters is 1. The van der Waals surface area contributed by atoms with Gasteiger partial charge in [-0.2, -0.15) is 0 Å². The third-order valence-corrected chi connectivity index (χ3v) is 5.25. The van der Waals surface area contributed by atoms with Gasteiger partial charge in [-0.1, -0.05) is 57.5 Å². The highest BCUT2D eigenvalue weighted by Gasteiger charge is 2.32. The Balaban J connectivity index is 1.91. The van der Waals surface area contributed by atoms with E-state index in [2.05, 4.69) is 20.8 Å². The molecular weight excluding hydrogens is 272 g/mol. The summed E-state index contributed by atoms with van der Waals surface area (Å²) in [7, 11) is 0. The predicted molar refractivity (Wildman–Crippen MR) is 90.6 cm³/mol. The van der Waals surface area contributed by atoms with Crippen LogP contribution in [0.5, 0.6) is 0 Å². The number of benzene rings is 1. The molecule has 2 heteroatoms. The molecule has 0 heterocycles. The number of rotatable bonds is 5. The second-order valence-corrected chi connectivity index (χ2v) is 7.35. The van der Waals surface area contributed by atoms with E-state index in [-0.39, 0.29) is 11.9 Å². The molecule has 1 unspecified atom stereocenters. The Morgan fingerprint density at radius 3 is 2.50 bits per heavy atom. The van der Waals surface area contributed by atoms with E-state index in [1.165, 1.54) is 19.3 Å². The Hall–Kier alpha value is -1.31. The predicted octanol–water partition coefficient (Wildman–Crippen LogP) is 5.04. The van der Waals surface area contributed by atoms with Gasteiger partial charge in [0.1, 0.15) is 0 Å². The second kappa shape index (κ2) is 7.80. The molecule has 0 radical (unpaired) electrons. The monoisotopic (exact) mass is 302 g/mol. The summed E-state index contributed by atoms with van der Waals surface area (Å²) < 4.78 is 5.69. The van der Waals surface area contributed by atoms with Crippen molar-refractivity contribution in [1.29, 1.82) is 0 Å². The number of hydrogen-bond acceptors (Lipinski definition) is 2. The lowest BCUT2D eigenvalue weighted by Gasteiger charge is -2.37. The second-order valence-electron chi connectivity index (χ2n) is 7.35. The quantitative estimate of drug-likeness (QED) is 0.712. The molecule has 0 N–H and O–H groups in total. The Kier molecular flexibility index (Phi) is 6.05. The van der Waals surface area contributed by atoms with E-state index < -0.39 is 0 Å². The first-order chi connectivity index (χ1) is 10.5. The Bertz CT molecular complexity index is 466. The number of ether oxygens (including phenoxy) is 1. The molecule has 22 heavy (non-hydrogen) atoms. The van der Waals surface area contributed by atoms with E-state index in [9.17, 15) is 4.79 Å². The van der Waals surface area contributed by atoms with Crippen LogP contribution in [-0.4, -0.2) is 12.6 Å². The first-order valence-electron chi connectivity index (χ1n) is 8.70. The van der Waals surface area contributed by atoms with Crippen molar-refractivity contribution in [2.75, 3.05) is 6.61 Å². The van der Waals surface area contributed by atoms with Gasteiger partial charge in [0.25, 0.3) is 0 Å². The van der Waals surface area contributed by atoms with Gasteiger partial charge < -0.3 is 4.74 Å². The molecule has 0 amide bonds. The zero-order valence-corrected chi connectivity index (χ0v) is 14.4. The molecule has 2 rings (SSSR count). The Morgan fingerprint density at radius 1 is 1.18 bits per heavy atom. The van der Waals surface area contributed by atoms with Crippen molar-refractivity contribution in [2.45, 2.75) is 52.9 Å². The normalized spacial score (nSPS) is 26.7. The smallest absolute Gasteiger partial charge is 0.313 e. The van der Waals surface area contributed by atoms with Gasteiger partial charge in [-0.15, -0.1) is 0 Å². The average molecular weight is 302 g/mol. The van der Waals surface area contributed by atoms with Crippen LogP contribution in [0.25, 0.3) is 0 Å². The van der Waals surface area contributed by atoms with Crippen molar-refractivity contribution in [1.82, 2.24) is 0 Å². The van der Waals surface area contributed by atoms with Gasteiger partial charge in [-0.25, -0.2) is 0 Å². The summed E-state index contributed by atoms with van der Waals surface area (Å²) in [6, 6.07) is 9.89. The van der Waals surface area contributed by atoms with Crippen LogP contribution >= 0.6 is 0 Å². The van der Waals surface area contributed by atoms with Crippen LogP contribution in [0.4, 0.5) is 0 Å². The van der Waals surface area contributed by atoms with E-state index >= 15 is 0 Å². The summed E-state index contributed by atoms with van der Waals surface area (Å²) in [6.45, 7) is 9.42.